The maximum absolute atomic E-state index is 12.3. The summed E-state index contributed by atoms with van der Waals surface area (Å²) in [5, 5.41) is 22.4. The first-order chi connectivity index (χ1) is 14.8. The number of carbonyl (C=O) groups is 2. The van der Waals surface area contributed by atoms with Gasteiger partial charge in [0.1, 0.15) is 17.2 Å². The van der Waals surface area contributed by atoms with Crippen LogP contribution in [0.15, 0.2) is 78.5 Å². The Kier molecular flexibility index (Phi) is 6.98. The molecular weight excluding hydrogens is 515 g/mol. The van der Waals surface area contributed by atoms with E-state index in [9.17, 15) is 24.8 Å². The third kappa shape index (κ3) is 5.89. The molecule has 0 radical (unpaired) electrons. The quantitative estimate of drug-likeness (QED) is 0.195. The van der Waals surface area contributed by atoms with Crippen molar-refractivity contribution in [2.24, 2.45) is 0 Å². The van der Waals surface area contributed by atoms with Gasteiger partial charge in [-0.3, -0.25) is 14.9 Å². The molecule has 0 unspecified atom stereocenters. The number of nitrogens with zero attached hydrogens (tertiary/aromatic N) is 1. The van der Waals surface area contributed by atoms with E-state index in [2.05, 4.69) is 27.9 Å². The van der Waals surface area contributed by atoms with Crippen LogP contribution in [0, 0.1) is 13.7 Å². The maximum atomic E-state index is 12.3. The molecule has 3 rings (SSSR count). The summed E-state index contributed by atoms with van der Waals surface area (Å²) in [4.78, 5) is 34.0. The first-order valence-corrected chi connectivity index (χ1v) is 9.94. The highest BCUT2D eigenvalue weighted by Crippen LogP contribution is 2.26. The van der Waals surface area contributed by atoms with Crippen molar-refractivity contribution in [3.05, 3.63) is 103 Å². The summed E-state index contributed by atoms with van der Waals surface area (Å²) in [5.41, 5.74) is 0.128. The fraction of sp³-hybridized carbons (Fsp3) is 0. The first-order valence-electron chi connectivity index (χ1n) is 8.87. The van der Waals surface area contributed by atoms with E-state index < -0.39 is 16.8 Å². The van der Waals surface area contributed by atoms with Gasteiger partial charge >= 0.3 is 5.97 Å². The van der Waals surface area contributed by atoms with Gasteiger partial charge < -0.3 is 15.2 Å². The number of nitro benzene ring substituents is 1. The molecule has 9 heteroatoms. The van der Waals surface area contributed by atoms with E-state index in [0.717, 1.165) is 3.57 Å². The topological polar surface area (TPSA) is 119 Å². The number of rotatable bonds is 7. The molecule has 8 nitrogen and oxygen atoms in total. The zero-order chi connectivity index (χ0) is 22.4. The Morgan fingerprint density at radius 3 is 2.23 bits per heavy atom. The number of hydrogen-bond donors (Lipinski definition) is 2. The Balaban J connectivity index is 1.74. The second-order valence-corrected chi connectivity index (χ2v) is 7.38. The van der Waals surface area contributed by atoms with Gasteiger partial charge in [0.15, 0.2) is 0 Å². The Hall–Kier alpha value is -3.73. The highest BCUT2D eigenvalue weighted by atomic mass is 127. The third-order valence-corrected chi connectivity index (χ3v) is 4.97. The van der Waals surface area contributed by atoms with Gasteiger partial charge in [0, 0.05) is 17.7 Å². The molecule has 0 aliphatic rings. The van der Waals surface area contributed by atoms with Gasteiger partial charge in [-0.25, -0.2) is 4.79 Å². The van der Waals surface area contributed by atoms with E-state index in [1.54, 1.807) is 24.3 Å². The van der Waals surface area contributed by atoms with Crippen LogP contribution >= 0.6 is 22.6 Å². The van der Waals surface area contributed by atoms with Crippen LogP contribution in [0.5, 0.6) is 11.5 Å². The van der Waals surface area contributed by atoms with Crippen LogP contribution < -0.4 is 10.1 Å². The molecule has 0 heterocycles. The number of amides is 1. The zero-order valence-electron chi connectivity index (χ0n) is 15.8. The van der Waals surface area contributed by atoms with Crippen molar-refractivity contribution in [1.82, 2.24) is 5.32 Å². The van der Waals surface area contributed by atoms with Crippen LogP contribution in [-0.4, -0.2) is 21.9 Å². The van der Waals surface area contributed by atoms with Crippen LogP contribution in [0.25, 0.3) is 6.08 Å². The first kappa shape index (κ1) is 22.0. The molecule has 3 aromatic carbocycles. The van der Waals surface area contributed by atoms with Gasteiger partial charge in [-0.1, -0.05) is 24.3 Å². The van der Waals surface area contributed by atoms with Gasteiger partial charge in [0.25, 0.3) is 11.6 Å². The van der Waals surface area contributed by atoms with E-state index in [-0.39, 0.29) is 16.9 Å². The van der Waals surface area contributed by atoms with Crippen LogP contribution in [0.3, 0.4) is 0 Å². The highest BCUT2D eigenvalue weighted by molar-refractivity contribution is 14.1. The van der Waals surface area contributed by atoms with E-state index >= 15 is 0 Å². The highest BCUT2D eigenvalue weighted by Gasteiger charge is 2.15. The molecule has 2 N–H and O–H groups in total. The number of hydrogen-bond acceptors (Lipinski definition) is 5. The monoisotopic (exact) mass is 530 g/mol. The Bertz CT molecular complexity index is 1160. The molecule has 31 heavy (non-hydrogen) atoms. The molecule has 0 bridgehead atoms. The number of carbonyl (C=O) groups excluding carboxylic acids is 1. The SMILES string of the molecule is O=C(O)/C(=C\c1ccc(Oc2ccccc2I)cc1)NC(=O)c1ccc([N+](=O)[O-])cc1. The van der Waals surface area contributed by atoms with Crippen molar-refractivity contribution in [2.45, 2.75) is 0 Å². The maximum Gasteiger partial charge on any atom is 0.352 e. The normalized spacial score (nSPS) is 10.9. The number of benzene rings is 3. The number of para-hydroxylation sites is 1. The number of non-ortho nitro benzene ring substituents is 1. The molecule has 0 aliphatic carbocycles. The molecule has 0 atom stereocenters. The molecule has 0 aliphatic heterocycles. The van der Waals surface area contributed by atoms with Gasteiger partial charge in [0.05, 0.1) is 8.49 Å². The smallest absolute Gasteiger partial charge is 0.352 e. The van der Waals surface area contributed by atoms with Crippen LogP contribution in [-0.2, 0) is 4.79 Å². The van der Waals surface area contributed by atoms with Crippen molar-refractivity contribution >= 4 is 46.2 Å². The van der Waals surface area contributed by atoms with Crippen LogP contribution in [0.2, 0.25) is 0 Å². The fourth-order valence-electron chi connectivity index (χ4n) is 2.53. The molecule has 0 fully saturated rings. The number of halogens is 1. The molecule has 156 valence electrons. The van der Waals surface area contributed by atoms with Crippen molar-refractivity contribution in [1.29, 1.82) is 0 Å². The number of carboxylic acid groups (broad SMARTS) is 1. The van der Waals surface area contributed by atoms with Gasteiger partial charge in [0.2, 0.25) is 0 Å². The molecule has 1 amide bonds. The summed E-state index contributed by atoms with van der Waals surface area (Å²) in [7, 11) is 0. The number of aliphatic carboxylic acids is 1. The average Bonchev–Trinajstić information content (AvgIpc) is 2.76. The van der Waals surface area contributed by atoms with Crippen molar-refractivity contribution in [3.63, 3.8) is 0 Å². The molecule has 0 saturated heterocycles. The Labute approximate surface area is 190 Å². The Morgan fingerprint density at radius 1 is 1.00 bits per heavy atom. The predicted molar refractivity (Wildman–Crippen MR) is 122 cm³/mol. The zero-order valence-corrected chi connectivity index (χ0v) is 18.0. The number of nitrogens with one attached hydrogen (secondary N) is 1. The lowest BCUT2D eigenvalue weighted by Crippen LogP contribution is -2.27. The van der Waals surface area contributed by atoms with Gasteiger partial charge in [-0.2, -0.15) is 0 Å². The van der Waals surface area contributed by atoms with E-state index in [1.165, 1.54) is 30.3 Å². The second kappa shape index (κ2) is 9.85. The van der Waals surface area contributed by atoms with Crippen molar-refractivity contribution in [2.75, 3.05) is 0 Å². The van der Waals surface area contributed by atoms with Gasteiger partial charge in [-0.15, -0.1) is 0 Å². The largest absolute Gasteiger partial charge is 0.477 e. The van der Waals surface area contributed by atoms with Crippen LogP contribution in [0.4, 0.5) is 5.69 Å². The summed E-state index contributed by atoms with van der Waals surface area (Å²) >= 11 is 2.16. The van der Waals surface area contributed by atoms with Gasteiger partial charge in [-0.05, 0) is 70.6 Å². The molecular formula is C22H15IN2O6. The number of carboxylic acids is 1. The van der Waals surface area contributed by atoms with Crippen molar-refractivity contribution in [3.8, 4) is 11.5 Å². The fourth-order valence-corrected chi connectivity index (χ4v) is 3.03. The van der Waals surface area contributed by atoms with Crippen LogP contribution in [0.1, 0.15) is 15.9 Å². The standard InChI is InChI=1S/C22H15IN2O6/c23-18-3-1-2-4-20(18)31-17-11-5-14(6-12-17)13-19(22(27)28)24-21(26)15-7-9-16(10-8-15)25(29)30/h1-13H,(H,24,26)(H,27,28)/b19-13+. The summed E-state index contributed by atoms with van der Waals surface area (Å²) in [6, 6.07) is 19.1. The summed E-state index contributed by atoms with van der Waals surface area (Å²) < 4.78 is 6.75. The molecule has 0 spiro atoms. The number of nitro groups is 1. The summed E-state index contributed by atoms with van der Waals surface area (Å²) in [6.07, 6.45) is 1.31. The lowest BCUT2D eigenvalue weighted by Gasteiger charge is -2.08. The summed E-state index contributed by atoms with van der Waals surface area (Å²) in [5.74, 6) is -0.738. The minimum atomic E-state index is -1.32. The molecule has 3 aromatic rings. The number of ether oxygens (including phenoxy) is 1. The third-order valence-electron chi connectivity index (χ3n) is 4.07. The van der Waals surface area contributed by atoms with Crippen molar-refractivity contribution < 1.29 is 24.4 Å². The average molecular weight is 530 g/mol. The lowest BCUT2D eigenvalue weighted by atomic mass is 10.1. The summed E-state index contributed by atoms with van der Waals surface area (Å²) in [6.45, 7) is 0. The predicted octanol–water partition coefficient (Wildman–Crippen LogP) is 4.85. The van der Waals surface area contributed by atoms with E-state index in [0.29, 0.717) is 17.1 Å². The minimum absolute atomic E-state index is 0.0963. The van der Waals surface area contributed by atoms with E-state index in [1.807, 2.05) is 24.3 Å². The second-order valence-electron chi connectivity index (χ2n) is 6.22. The van der Waals surface area contributed by atoms with E-state index in [4.69, 9.17) is 4.74 Å². The molecule has 0 saturated carbocycles. The lowest BCUT2D eigenvalue weighted by molar-refractivity contribution is -0.384. The Morgan fingerprint density at radius 2 is 1.65 bits per heavy atom. The molecule has 0 aromatic heterocycles. The minimum Gasteiger partial charge on any atom is -0.477 e.